The molecule has 2 aromatic carbocycles. The summed E-state index contributed by atoms with van der Waals surface area (Å²) in [5.41, 5.74) is 3.65. The first kappa shape index (κ1) is 20.3. The third-order valence-electron chi connectivity index (χ3n) is 4.86. The topological polar surface area (TPSA) is 77.2 Å². The minimum absolute atomic E-state index is 0.0894. The third kappa shape index (κ3) is 4.88. The van der Waals surface area contributed by atoms with Crippen LogP contribution in [0, 0.1) is 0 Å². The standard InChI is InChI=1S/C22H27N3O2S/c1-22(11-12-26,28-14-16-7-4-3-5-8-16)15-24-21(27)19-13-17-9-6-10-18(23-2)20(17)25-19/h3-10,13,23,25-26H,11-12,14-15H2,1-2H3,(H,24,27). The van der Waals surface area contributed by atoms with Gasteiger partial charge in [0.25, 0.3) is 5.91 Å². The summed E-state index contributed by atoms with van der Waals surface area (Å²) in [5, 5.41) is 16.7. The average molecular weight is 398 g/mol. The van der Waals surface area contributed by atoms with Gasteiger partial charge in [0.1, 0.15) is 5.69 Å². The van der Waals surface area contributed by atoms with Crippen molar-refractivity contribution >= 4 is 34.3 Å². The van der Waals surface area contributed by atoms with Crippen LogP contribution in [-0.4, -0.2) is 40.9 Å². The van der Waals surface area contributed by atoms with Crippen molar-refractivity contribution in [2.75, 3.05) is 25.5 Å². The molecule has 3 aromatic rings. The number of amides is 1. The first-order valence-electron chi connectivity index (χ1n) is 9.41. The fourth-order valence-electron chi connectivity index (χ4n) is 3.13. The molecule has 0 aliphatic heterocycles. The van der Waals surface area contributed by atoms with Crippen molar-refractivity contribution in [2.24, 2.45) is 0 Å². The summed E-state index contributed by atoms with van der Waals surface area (Å²) in [6.07, 6.45) is 0.612. The molecular formula is C22H27N3O2S. The average Bonchev–Trinajstić information content (AvgIpc) is 3.16. The first-order valence-corrected chi connectivity index (χ1v) is 10.4. The zero-order valence-corrected chi connectivity index (χ0v) is 17.1. The summed E-state index contributed by atoms with van der Waals surface area (Å²) < 4.78 is -0.248. The highest BCUT2D eigenvalue weighted by atomic mass is 32.2. The first-order chi connectivity index (χ1) is 13.5. The number of hydrogen-bond acceptors (Lipinski definition) is 4. The Hall–Kier alpha value is -2.44. The van der Waals surface area contributed by atoms with Crippen molar-refractivity contribution in [3.63, 3.8) is 0 Å². The Kier molecular flexibility index (Phi) is 6.65. The molecule has 28 heavy (non-hydrogen) atoms. The summed E-state index contributed by atoms with van der Waals surface area (Å²) in [6.45, 7) is 2.66. The number of aliphatic hydroxyl groups is 1. The van der Waals surface area contributed by atoms with E-state index in [0.29, 0.717) is 18.7 Å². The quantitative estimate of drug-likeness (QED) is 0.440. The molecule has 1 aromatic heterocycles. The smallest absolute Gasteiger partial charge is 0.267 e. The molecule has 0 spiro atoms. The minimum Gasteiger partial charge on any atom is -0.396 e. The van der Waals surface area contributed by atoms with E-state index >= 15 is 0 Å². The van der Waals surface area contributed by atoms with Crippen molar-refractivity contribution in [2.45, 2.75) is 23.8 Å². The van der Waals surface area contributed by atoms with Crippen LogP contribution in [0.15, 0.2) is 54.6 Å². The number of carbonyl (C=O) groups is 1. The molecule has 0 saturated heterocycles. The van der Waals surface area contributed by atoms with E-state index in [4.69, 9.17) is 0 Å². The number of benzene rings is 2. The molecule has 0 fully saturated rings. The highest BCUT2D eigenvalue weighted by molar-refractivity contribution is 7.99. The molecule has 0 aliphatic rings. The second kappa shape index (κ2) is 9.17. The second-order valence-electron chi connectivity index (χ2n) is 7.08. The van der Waals surface area contributed by atoms with Gasteiger partial charge in [0.05, 0.1) is 11.2 Å². The minimum atomic E-state index is -0.248. The van der Waals surface area contributed by atoms with Crippen LogP contribution >= 0.6 is 11.8 Å². The number of carbonyl (C=O) groups excluding carboxylic acids is 1. The number of hydrogen-bond donors (Lipinski definition) is 4. The Morgan fingerprint density at radius 1 is 1.18 bits per heavy atom. The molecule has 6 heteroatoms. The number of nitrogens with one attached hydrogen (secondary N) is 3. The van der Waals surface area contributed by atoms with Crippen molar-refractivity contribution in [3.8, 4) is 0 Å². The predicted molar refractivity (Wildman–Crippen MR) is 118 cm³/mol. The summed E-state index contributed by atoms with van der Waals surface area (Å²) in [5.74, 6) is 0.702. The number of thioether (sulfide) groups is 1. The normalized spacial score (nSPS) is 13.2. The third-order valence-corrected chi connectivity index (χ3v) is 6.39. The fourth-order valence-corrected chi connectivity index (χ4v) is 4.25. The van der Waals surface area contributed by atoms with Crippen molar-refractivity contribution in [1.82, 2.24) is 10.3 Å². The number of H-pyrrole nitrogens is 1. The number of anilines is 1. The van der Waals surface area contributed by atoms with Crippen LogP contribution in [0.4, 0.5) is 5.69 Å². The zero-order chi connectivity index (χ0) is 20.0. The number of aliphatic hydroxyl groups excluding tert-OH is 1. The van der Waals surface area contributed by atoms with Gasteiger partial charge in [-0.15, -0.1) is 11.8 Å². The van der Waals surface area contributed by atoms with E-state index in [1.54, 1.807) is 11.8 Å². The Morgan fingerprint density at radius 2 is 1.96 bits per heavy atom. The molecular weight excluding hydrogens is 370 g/mol. The van der Waals surface area contributed by atoms with Crippen molar-refractivity contribution < 1.29 is 9.90 Å². The van der Waals surface area contributed by atoms with E-state index in [9.17, 15) is 9.90 Å². The maximum atomic E-state index is 12.7. The maximum absolute atomic E-state index is 12.7. The highest BCUT2D eigenvalue weighted by Crippen LogP contribution is 2.31. The Balaban J connectivity index is 1.66. The fraction of sp³-hybridized carbons (Fsp3) is 0.318. The number of rotatable bonds is 9. The lowest BCUT2D eigenvalue weighted by Crippen LogP contribution is -2.39. The summed E-state index contributed by atoms with van der Waals surface area (Å²) >= 11 is 1.75. The molecule has 3 rings (SSSR count). The van der Waals surface area contributed by atoms with Gasteiger partial charge >= 0.3 is 0 Å². The van der Waals surface area contributed by atoms with Gasteiger partial charge in [-0.25, -0.2) is 0 Å². The van der Waals surface area contributed by atoms with Gasteiger partial charge in [0.2, 0.25) is 0 Å². The van der Waals surface area contributed by atoms with E-state index in [0.717, 1.165) is 22.3 Å². The molecule has 0 saturated carbocycles. The van der Waals surface area contributed by atoms with Gasteiger partial charge in [-0.2, -0.15) is 0 Å². The lowest BCUT2D eigenvalue weighted by Gasteiger charge is -2.28. The number of para-hydroxylation sites is 1. The van der Waals surface area contributed by atoms with Gasteiger partial charge in [-0.05, 0) is 31.0 Å². The molecule has 0 bridgehead atoms. The van der Waals surface area contributed by atoms with Gasteiger partial charge < -0.3 is 20.7 Å². The van der Waals surface area contributed by atoms with Crippen LogP contribution in [0.5, 0.6) is 0 Å². The highest BCUT2D eigenvalue weighted by Gasteiger charge is 2.26. The van der Waals surface area contributed by atoms with Crippen LogP contribution in [-0.2, 0) is 5.75 Å². The predicted octanol–water partition coefficient (Wildman–Crippen LogP) is 4.01. The van der Waals surface area contributed by atoms with Crippen LogP contribution in [0.25, 0.3) is 10.9 Å². The lowest BCUT2D eigenvalue weighted by atomic mass is 10.1. The van der Waals surface area contributed by atoms with E-state index in [2.05, 4.69) is 34.7 Å². The maximum Gasteiger partial charge on any atom is 0.267 e. The molecule has 1 atom stereocenters. The SMILES string of the molecule is CNc1cccc2cc(C(=O)NCC(C)(CCO)SCc3ccccc3)[nH]c12. The largest absolute Gasteiger partial charge is 0.396 e. The molecule has 5 nitrogen and oxygen atoms in total. The van der Waals surface area contributed by atoms with E-state index in [-0.39, 0.29) is 17.3 Å². The molecule has 1 heterocycles. The van der Waals surface area contributed by atoms with Gasteiger partial charge in [-0.3, -0.25) is 4.79 Å². The van der Waals surface area contributed by atoms with Gasteiger partial charge in [0.15, 0.2) is 0 Å². The van der Waals surface area contributed by atoms with Crippen LogP contribution in [0.2, 0.25) is 0 Å². The van der Waals surface area contributed by atoms with E-state index in [1.807, 2.05) is 49.5 Å². The second-order valence-corrected chi connectivity index (χ2v) is 8.65. The van der Waals surface area contributed by atoms with Crippen molar-refractivity contribution in [1.29, 1.82) is 0 Å². The monoisotopic (exact) mass is 397 g/mol. The number of aromatic nitrogens is 1. The Morgan fingerprint density at radius 3 is 2.68 bits per heavy atom. The zero-order valence-electron chi connectivity index (χ0n) is 16.3. The van der Waals surface area contributed by atoms with Gasteiger partial charge in [-0.1, -0.05) is 42.5 Å². The summed E-state index contributed by atoms with van der Waals surface area (Å²) in [4.78, 5) is 15.9. The van der Waals surface area contributed by atoms with Crippen LogP contribution < -0.4 is 10.6 Å². The molecule has 1 unspecified atom stereocenters. The Labute approximate surface area is 169 Å². The summed E-state index contributed by atoms with van der Waals surface area (Å²) in [7, 11) is 1.86. The summed E-state index contributed by atoms with van der Waals surface area (Å²) in [6, 6.07) is 18.0. The lowest BCUT2D eigenvalue weighted by molar-refractivity contribution is 0.0944. The molecule has 0 radical (unpaired) electrons. The number of aromatic amines is 1. The van der Waals surface area contributed by atoms with Gasteiger partial charge in [0, 0.05) is 36.1 Å². The molecule has 0 aliphatic carbocycles. The molecule has 1 amide bonds. The molecule has 4 N–H and O–H groups in total. The van der Waals surface area contributed by atoms with E-state index < -0.39 is 0 Å². The van der Waals surface area contributed by atoms with Crippen LogP contribution in [0.1, 0.15) is 29.4 Å². The number of fused-ring (bicyclic) bond motifs is 1. The van der Waals surface area contributed by atoms with E-state index in [1.165, 1.54) is 5.56 Å². The van der Waals surface area contributed by atoms with Crippen molar-refractivity contribution in [3.05, 3.63) is 65.9 Å². The Bertz CT molecular complexity index is 926. The molecule has 148 valence electrons. The van der Waals surface area contributed by atoms with Crippen LogP contribution in [0.3, 0.4) is 0 Å².